The number of hydrogen-bond donors (Lipinski definition) is 1. The van der Waals surface area contributed by atoms with Crippen molar-refractivity contribution in [2.24, 2.45) is 5.73 Å². The highest BCUT2D eigenvalue weighted by Gasteiger charge is 2.35. The van der Waals surface area contributed by atoms with Crippen molar-refractivity contribution >= 4 is 11.3 Å². The molecule has 1 unspecified atom stereocenters. The van der Waals surface area contributed by atoms with Crippen LogP contribution in [0, 0.1) is 0 Å². The maximum Gasteiger partial charge on any atom is 0.435 e. The lowest BCUT2D eigenvalue weighted by molar-refractivity contribution is -0.141. The van der Waals surface area contributed by atoms with Gasteiger partial charge < -0.3 is 15.4 Å². The minimum absolute atomic E-state index is 0.110. The fraction of sp³-hybridized carbons (Fsp3) is 0.500. The van der Waals surface area contributed by atoms with E-state index in [-0.39, 0.29) is 6.04 Å². The third-order valence-corrected chi connectivity index (χ3v) is 3.43. The van der Waals surface area contributed by atoms with E-state index < -0.39 is 11.9 Å². The number of ether oxygens (including phenoxy) is 1. The van der Waals surface area contributed by atoms with Crippen molar-refractivity contribution in [1.29, 1.82) is 0 Å². The molecule has 114 valence electrons. The van der Waals surface area contributed by atoms with Crippen LogP contribution < -0.4 is 10.6 Å². The first-order valence-electron chi connectivity index (χ1n) is 6.46. The quantitative estimate of drug-likeness (QED) is 0.893. The first-order chi connectivity index (χ1) is 10.0. The molecule has 3 rings (SSSR count). The third kappa shape index (κ3) is 2.54. The lowest BCUT2D eigenvalue weighted by atomic mass is 10.2. The molecule has 0 amide bonds. The second-order valence-corrected chi connectivity index (χ2v) is 4.77. The van der Waals surface area contributed by atoms with Crippen molar-refractivity contribution in [1.82, 2.24) is 14.6 Å². The van der Waals surface area contributed by atoms with Crippen LogP contribution in [0.25, 0.3) is 5.52 Å². The number of alkyl halides is 3. The molecule has 3 heterocycles. The monoisotopic (exact) mass is 301 g/mol. The largest absolute Gasteiger partial charge is 0.435 e. The molecule has 0 radical (unpaired) electrons. The molecule has 2 aromatic rings. The van der Waals surface area contributed by atoms with Crippen LogP contribution in [0.2, 0.25) is 0 Å². The van der Waals surface area contributed by atoms with E-state index in [4.69, 9.17) is 10.5 Å². The summed E-state index contributed by atoms with van der Waals surface area (Å²) in [5, 5.41) is 3.55. The van der Waals surface area contributed by atoms with Crippen LogP contribution in [0.15, 0.2) is 18.5 Å². The highest BCUT2D eigenvalue weighted by atomic mass is 19.4. The molecule has 6 nitrogen and oxygen atoms in total. The maximum absolute atomic E-state index is 12.8. The van der Waals surface area contributed by atoms with Gasteiger partial charge in [-0.25, -0.2) is 9.50 Å². The van der Waals surface area contributed by atoms with Gasteiger partial charge in [0, 0.05) is 31.5 Å². The zero-order valence-electron chi connectivity index (χ0n) is 11.0. The van der Waals surface area contributed by atoms with Crippen LogP contribution >= 0.6 is 0 Å². The average Bonchev–Trinajstić information content (AvgIpc) is 2.91. The third-order valence-electron chi connectivity index (χ3n) is 3.43. The van der Waals surface area contributed by atoms with E-state index in [9.17, 15) is 13.2 Å². The fourth-order valence-corrected chi connectivity index (χ4v) is 2.40. The van der Waals surface area contributed by atoms with Gasteiger partial charge >= 0.3 is 6.18 Å². The fourth-order valence-electron chi connectivity index (χ4n) is 2.40. The van der Waals surface area contributed by atoms with Crippen LogP contribution in [0.3, 0.4) is 0 Å². The number of morpholine rings is 1. The van der Waals surface area contributed by atoms with Crippen LogP contribution in [0.1, 0.15) is 5.69 Å². The van der Waals surface area contributed by atoms with Crippen LogP contribution in [-0.2, 0) is 10.9 Å². The van der Waals surface area contributed by atoms with Gasteiger partial charge in [-0.05, 0) is 0 Å². The van der Waals surface area contributed by atoms with Crippen molar-refractivity contribution in [2.75, 3.05) is 31.2 Å². The topological polar surface area (TPSA) is 68.7 Å². The molecule has 1 saturated heterocycles. The first kappa shape index (κ1) is 14.1. The number of halogens is 3. The van der Waals surface area contributed by atoms with Gasteiger partial charge in [0.15, 0.2) is 11.5 Å². The minimum atomic E-state index is -4.48. The zero-order valence-corrected chi connectivity index (χ0v) is 11.0. The Labute approximate surface area is 118 Å². The van der Waals surface area contributed by atoms with Crippen molar-refractivity contribution in [3.05, 3.63) is 24.2 Å². The molecule has 0 aliphatic carbocycles. The summed E-state index contributed by atoms with van der Waals surface area (Å²) in [4.78, 5) is 6.09. The van der Waals surface area contributed by atoms with E-state index >= 15 is 0 Å². The lowest BCUT2D eigenvalue weighted by Crippen LogP contribution is -2.50. The Hall–Kier alpha value is -1.87. The number of aromatic nitrogens is 3. The summed E-state index contributed by atoms with van der Waals surface area (Å²) in [7, 11) is 0. The highest BCUT2D eigenvalue weighted by molar-refractivity contribution is 5.69. The predicted molar refractivity (Wildman–Crippen MR) is 69.0 cm³/mol. The summed E-state index contributed by atoms with van der Waals surface area (Å²) < 4.78 is 44.9. The van der Waals surface area contributed by atoms with Gasteiger partial charge in [0.2, 0.25) is 0 Å². The Morgan fingerprint density at radius 1 is 1.43 bits per heavy atom. The predicted octanol–water partition coefficient (Wildman–Crippen LogP) is 0.912. The van der Waals surface area contributed by atoms with Gasteiger partial charge in [0.1, 0.15) is 5.52 Å². The number of rotatable bonds is 2. The molecule has 0 saturated carbocycles. The summed E-state index contributed by atoms with van der Waals surface area (Å²) in [5.41, 5.74) is 5.07. The number of hydrogen-bond acceptors (Lipinski definition) is 5. The molecule has 1 aliphatic heterocycles. The van der Waals surface area contributed by atoms with E-state index in [0.717, 1.165) is 6.07 Å². The second-order valence-electron chi connectivity index (χ2n) is 4.77. The molecular weight excluding hydrogens is 287 g/mol. The first-order valence-corrected chi connectivity index (χ1v) is 6.46. The van der Waals surface area contributed by atoms with Gasteiger partial charge in [-0.1, -0.05) is 0 Å². The maximum atomic E-state index is 12.8. The number of fused-ring (bicyclic) bond motifs is 1. The lowest BCUT2D eigenvalue weighted by Gasteiger charge is -2.35. The minimum Gasteiger partial charge on any atom is -0.377 e. The number of nitrogens with two attached hydrogens (primary N) is 1. The van der Waals surface area contributed by atoms with Crippen molar-refractivity contribution in [3.63, 3.8) is 0 Å². The highest BCUT2D eigenvalue weighted by Crippen LogP contribution is 2.31. The smallest absolute Gasteiger partial charge is 0.377 e. The molecule has 0 bridgehead atoms. The molecule has 9 heteroatoms. The van der Waals surface area contributed by atoms with Crippen LogP contribution in [-0.4, -0.2) is 46.9 Å². The van der Waals surface area contributed by atoms with E-state index in [1.165, 1.54) is 16.9 Å². The second kappa shape index (κ2) is 5.15. The van der Waals surface area contributed by atoms with E-state index in [0.29, 0.717) is 37.6 Å². The van der Waals surface area contributed by atoms with Gasteiger partial charge in [-0.15, -0.1) is 0 Å². The Morgan fingerprint density at radius 3 is 2.95 bits per heavy atom. The van der Waals surface area contributed by atoms with Crippen molar-refractivity contribution in [2.45, 2.75) is 12.2 Å². The van der Waals surface area contributed by atoms with E-state index in [1.807, 2.05) is 4.90 Å². The molecule has 1 fully saturated rings. The zero-order chi connectivity index (χ0) is 15.0. The molecule has 21 heavy (non-hydrogen) atoms. The van der Waals surface area contributed by atoms with E-state index in [1.54, 1.807) is 0 Å². The van der Waals surface area contributed by atoms with Gasteiger partial charge in [0.05, 0.1) is 19.3 Å². The summed E-state index contributed by atoms with van der Waals surface area (Å²) >= 11 is 0. The summed E-state index contributed by atoms with van der Waals surface area (Å²) in [6.45, 7) is 1.78. The summed E-state index contributed by atoms with van der Waals surface area (Å²) in [6.07, 6.45) is -1.66. The average molecular weight is 301 g/mol. The molecule has 1 aliphatic rings. The number of nitrogens with zero attached hydrogens (tertiary/aromatic N) is 4. The van der Waals surface area contributed by atoms with Crippen LogP contribution in [0.5, 0.6) is 0 Å². The molecule has 0 spiro atoms. The summed E-state index contributed by atoms with van der Waals surface area (Å²) in [5.74, 6) is 0.444. The normalized spacial score (nSPS) is 20.2. The van der Waals surface area contributed by atoms with Gasteiger partial charge in [-0.3, -0.25) is 0 Å². The van der Waals surface area contributed by atoms with Gasteiger partial charge in [0.25, 0.3) is 0 Å². The Balaban J connectivity index is 2.07. The molecule has 1 atom stereocenters. The Kier molecular flexibility index (Phi) is 3.46. The molecular formula is C12H14F3N5O. The van der Waals surface area contributed by atoms with Gasteiger partial charge in [-0.2, -0.15) is 18.3 Å². The molecule has 2 N–H and O–H groups in total. The van der Waals surface area contributed by atoms with Crippen LogP contribution in [0.4, 0.5) is 19.0 Å². The standard InChI is InChI=1S/C12H14F3N5O/c13-12(14,15)10-5-9-11(17-1-2-20(9)18-10)19-3-4-21-7-8(19)6-16/h1-2,5,8H,3-4,6-7,16H2. The number of anilines is 1. The molecule has 2 aromatic heterocycles. The molecule has 0 aromatic carbocycles. The Bertz CT molecular complexity index is 641. The Morgan fingerprint density at radius 2 is 2.24 bits per heavy atom. The van der Waals surface area contributed by atoms with E-state index in [2.05, 4.69) is 10.1 Å². The van der Waals surface area contributed by atoms with Crippen molar-refractivity contribution < 1.29 is 17.9 Å². The summed E-state index contributed by atoms with van der Waals surface area (Å²) in [6, 6.07) is 0.896. The SMILES string of the molecule is NCC1COCCN1c1nccn2nc(C(F)(F)F)cc12. The van der Waals surface area contributed by atoms with Crippen molar-refractivity contribution in [3.8, 4) is 0 Å².